The Hall–Kier alpha value is -2.01. The number of carbonyl (C=O) groups is 1. The number of quaternary nitrogens is 1. The highest BCUT2D eigenvalue weighted by atomic mass is 16.7. The van der Waals surface area contributed by atoms with Crippen LogP contribution < -0.4 is 14.8 Å². The van der Waals surface area contributed by atoms with E-state index in [0.29, 0.717) is 12.7 Å². The molecule has 0 spiro atoms. The summed E-state index contributed by atoms with van der Waals surface area (Å²) in [6.45, 7) is 6.60. The number of benzene rings is 1. The van der Waals surface area contributed by atoms with E-state index in [9.17, 15) is 4.79 Å². The van der Waals surface area contributed by atoms with Crippen molar-refractivity contribution in [2.24, 2.45) is 17.3 Å². The number of carbonyl (C=O) groups excluding carboxylic acids is 1. The second kappa shape index (κ2) is 6.80. The molecule has 1 saturated carbocycles. The molecule has 2 aliphatic heterocycles. The van der Waals surface area contributed by atoms with Crippen molar-refractivity contribution in [3.8, 4) is 11.5 Å². The van der Waals surface area contributed by atoms with Gasteiger partial charge in [0.05, 0.1) is 6.54 Å². The van der Waals surface area contributed by atoms with Crippen molar-refractivity contribution in [2.45, 2.75) is 58.6 Å². The highest BCUT2D eigenvalue weighted by Crippen LogP contribution is 2.54. The van der Waals surface area contributed by atoms with Gasteiger partial charge in [0.1, 0.15) is 18.6 Å². The zero-order valence-electron chi connectivity index (χ0n) is 16.8. The minimum atomic E-state index is 0.00536. The summed E-state index contributed by atoms with van der Waals surface area (Å²) in [7, 11) is 0. The average molecular weight is 384 g/mol. The maximum atomic E-state index is 12.6. The van der Waals surface area contributed by atoms with Gasteiger partial charge in [-0.3, -0.25) is 4.79 Å². The number of allylic oxidation sites excluding steroid dienone is 2. The molecule has 4 aliphatic rings. The highest BCUT2D eigenvalue weighted by molar-refractivity contribution is 5.75. The van der Waals surface area contributed by atoms with Crippen LogP contribution in [-0.2, 0) is 16.1 Å². The largest absolute Gasteiger partial charge is 0.462 e. The Morgan fingerprint density at radius 2 is 2.11 bits per heavy atom. The third-order valence-electron chi connectivity index (χ3n) is 7.42. The number of esters is 1. The fraction of sp³-hybridized carbons (Fsp3) is 0.609. The zero-order chi connectivity index (χ0) is 19.3. The van der Waals surface area contributed by atoms with Gasteiger partial charge in [0.2, 0.25) is 6.79 Å². The molecule has 5 heteroatoms. The summed E-state index contributed by atoms with van der Waals surface area (Å²) in [5, 5.41) is 2.24. The molecular weight excluding hydrogens is 354 g/mol. The molecule has 2 N–H and O–H groups in total. The second-order valence-electron chi connectivity index (χ2n) is 9.24. The van der Waals surface area contributed by atoms with Crippen LogP contribution >= 0.6 is 0 Å². The van der Waals surface area contributed by atoms with E-state index < -0.39 is 0 Å². The molecular formula is C23H30NO4+. The maximum Gasteiger partial charge on any atom is 0.315 e. The Labute approximate surface area is 166 Å². The number of hydrogen-bond donors (Lipinski definition) is 1. The lowest BCUT2D eigenvalue weighted by Crippen LogP contribution is -2.84. The van der Waals surface area contributed by atoms with Gasteiger partial charge in [-0.15, -0.1) is 0 Å². The predicted molar refractivity (Wildman–Crippen MR) is 104 cm³/mol. The molecule has 5 rings (SSSR count). The molecule has 5 nitrogen and oxygen atoms in total. The van der Waals surface area contributed by atoms with Crippen LogP contribution in [0.1, 0.15) is 51.5 Å². The molecule has 0 bridgehead atoms. The van der Waals surface area contributed by atoms with E-state index in [-0.39, 0.29) is 23.4 Å². The third-order valence-corrected chi connectivity index (χ3v) is 7.42. The first-order valence-electron chi connectivity index (χ1n) is 10.6. The highest BCUT2D eigenvalue weighted by Gasteiger charge is 2.53. The van der Waals surface area contributed by atoms with Gasteiger partial charge in [-0.2, -0.15) is 0 Å². The lowest BCUT2D eigenvalue weighted by Gasteiger charge is -2.45. The van der Waals surface area contributed by atoms with E-state index in [1.807, 2.05) is 12.1 Å². The minimum Gasteiger partial charge on any atom is -0.462 e. The van der Waals surface area contributed by atoms with Gasteiger partial charge in [0.15, 0.2) is 11.5 Å². The van der Waals surface area contributed by atoms with Crippen molar-refractivity contribution >= 4 is 5.97 Å². The van der Waals surface area contributed by atoms with Crippen LogP contribution in [-0.4, -0.2) is 25.4 Å². The third kappa shape index (κ3) is 3.00. The van der Waals surface area contributed by atoms with Crippen LogP contribution in [0.5, 0.6) is 11.5 Å². The topological polar surface area (TPSA) is 61.4 Å². The van der Waals surface area contributed by atoms with E-state index in [4.69, 9.17) is 14.2 Å². The van der Waals surface area contributed by atoms with Crippen molar-refractivity contribution in [2.75, 3.05) is 13.3 Å². The van der Waals surface area contributed by atoms with Crippen LogP contribution in [0.4, 0.5) is 0 Å². The standard InChI is InChI=1S/C23H29NO4/c1-14-4-3-7-23(2)10-21-16(9-18(14)23)17(22(25)28-21)12-24-11-15-5-6-19-20(8-15)27-13-26-19/h5-6,8,16-17,21,24H,3-4,7,9-13H2,1-2H3/p+1/t16-,17-,21-,23-/m1/s1. The predicted octanol–water partition coefficient (Wildman–Crippen LogP) is 2.94. The smallest absolute Gasteiger partial charge is 0.315 e. The first kappa shape index (κ1) is 18.0. The Kier molecular flexibility index (Phi) is 4.38. The molecule has 150 valence electrons. The SMILES string of the molecule is CC1=C2C[C@H]3[C@@H](C[C@@]2(C)CCC1)OC(=O)[C@@H]3C[NH2+]Cc1ccc2c(c1)OCO2. The number of nitrogens with two attached hydrogens (primary N) is 1. The minimum absolute atomic E-state index is 0.00536. The molecule has 0 radical (unpaired) electrons. The fourth-order valence-corrected chi connectivity index (χ4v) is 5.88. The zero-order valence-corrected chi connectivity index (χ0v) is 16.8. The van der Waals surface area contributed by atoms with Crippen molar-refractivity contribution in [3.05, 3.63) is 34.9 Å². The lowest BCUT2D eigenvalue weighted by atomic mass is 9.59. The molecule has 1 aromatic rings. The molecule has 0 unspecified atom stereocenters. The molecule has 2 aliphatic carbocycles. The fourth-order valence-electron chi connectivity index (χ4n) is 5.88. The van der Waals surface area contributed by atoms with E-state index in [1.165, 1.54) is 24.8 Å². The van der Waals surface area contributed by atoms with Crippen molar-refractivity contribution in [1.29, 1.82) is 0 Å². The number of hydrogen-bond acceptors (Lipinski definition) is 4. The summed E-state index contributed by atoms with van der Waals surface area (Å²) < 4.78 is 16.7. The van der Waals surface area contributed by atoms with Gasteiger partial charge in [0.25, 0.3) is 0 Å². The van der Waals surface area contributed by atoms with E-state index in [2.05, 4.69) is 25.2 Å². The van der Waals surface area contributed by atoms with Gasteiger partial charge in [0, 0.05) is 11.5 Å². The van der Waals surface area contributed by atoms with Gasteiger partial charge >= 0.3 is 5.97 Å². The van der Waals surface area contributed by atoms with Crippen LogP contribution in [0.2, 0.25) is 0 Å². The average Bonchev–Trinajstić information content (AvgIpc) is 3.24. The molecule has 0 aromatic heterocycles. The molecule has 1 saturated heterocycles. The quantitative estimate of drug-likeness (QED) is 0.640. The van der Waals surface area contributed by atoms with Gasteiger partial charge in [-0.25, -0.2) is 0 Å². The van der Waals surface area contributed by atoms with Gasteiger partial charge in [-0.05, 0) is 62.6 Å². The normalized spacial score (nSPS) is 33.5. The van der Waals surface area contributed by atoms with Gasteiger partial charge in [-0.1, -0.05) is 18.1 Å². The number of ether oxygens (including phenoxy) is 3. The summed E-state index contributed by atoms with van der Waals surface area (Å²) in [6, 6.07) is 6.07. The van der Waals surface area contributed by atoms with E-state index in [0.717, 1.165) is 37.4 Å². The number of fused-ring (bicyclic) bond motifs is 3. The first-order chi connectivity index (χ1) is 13.5. The Bertz CT molecular complexity index is 832. The number of rotatable bonds is 4. The maximum absolute atomic E-state index is 12.6. The van der Waals surface area contributed by atoms with Crippen molar-refractivity contribution in [1.82, 2.24) is 0 Å². The Balaban J connectivity index is 1.25. The monoisotopic (exact) mass is 384 g/mol. The Morgan fingerprint density at radius 1 is 1.25 bits per heavy atom. The molecule has 2 heterocycles. The summed E-state index contributed by atoms with van der Waals surface area (Å²) in [5.74, 6) is 1.99. The van der Waals surface area contributed by atoms with Crippen LogP contribution in [0.3, 0.4) is 0 Å². The van der Waals surface area contributed by atoms with Crippen LogP contribution in [0, 0.1) is 17.3 Å². The van der Waals surface area contributed by atoms with Crippen molar-refractivity contribution in [3.63, 3.8) is 0 Å². The van der Waals surface area contributed by atoms with Crippen LogP contribution in [0.15, 0.2) is 29.3 Å². The summed E-state index contributed by atoms with van der Waals surface area (Å²) in [4.78, 5) is 12.6. The molecule has 2 fully saturated rings. The summed E-state index contributed by atoms with van der Waals surface area (Å²) >= 11 is 0. The summed E-state index contributed by atoms with van der Waals surface area (Å²) in [6.07, 6.45) is 5.88. The summed E-state index contributed by atoms with van der Waals surface area (Å²) in [5.41, 5.74) is 4.62. The molecule has 1 aromatic carbocycles. The molecule has 28 heavy (non-hydrogen) atoms. The van der Waals surface area contributed by atoms with E-state index in [1.54, 1.807) is 11.1 Å². The first-order valence-corrected chi connectivity index (χ1v) is 10.6. The van der Waals surface area contributed by atoms with Crippen LogP contribution in [0.25, 0.3) is 0 Å². The van der Waals surface area contributed by atoms with Crippen molar-refractivity contribution < 1.29 is 24.3 Å². The molecule has 0 amide bonds. The van der Waals surface area contributed by atoms with E-state index >= 15 is 0 Å². The molecule has 4 atom stereocenters. The Morgan fingerprint density at radius 3 is 3.00 bits per heavy atom. The second-order valence-corrected chi connectivity index (χ2v) is 9.24. The van der Waals surface area contributed by atoms with Gasteiger partial charge < -0.3 is 19.5 Å². The lowest BCUT2D eigenvalue weighted by molar-refractivity contribution is -0.675.